The van der Waals surface area contributed by atoms with E-state index in [0.717, 1.165) is 0 Å². The van der Waals surface area contributed by atoms with E-state index in [9.17, 15) is 4.79 Å². The lowest BCUT2D eigenvalue weighted by Gasteiger charge is -2.05. The molecule has 1 amide bonds. The van der Waals surface area contributed by atoms with Gasteiger partial charge in [0.2, 0.25) is 0 Å². The molecule has 0 fully saturated rings. The fourth-order valence-corrected chi connectivity index (χ4v) is 1.71. The van der Waals surface area contributed by atoms with E-state index in [1.807, 2.05) is 18.2 Å². The predicted octanol–water partition coefficient (Wildman–Crippen LogP) is 2.24. The highest BCUT2D eigenvalue weighted by Gasteiger charge is 2.11. The smallest absolute Gasteiger partial charge is 0.263 e. The van der Waals surface area contributed by atoms with Crippen LogP contribution in [0.5, 0.6) is 5.75 Å². The van der Waals surface area contributed by atoms with Gasteiger partial charge in [-0.05, 0) is 24.3 Å². The highest BCUT2D eigenvalue weighted by atomic mass is 16.5. The van der Waals surface area contributed by atoms with Crippen molar-refractivity contribution in [1.29, 1.82) is 0 Å². The van der Waals surface area contributed by atoms with E-state index in [1.54, 1.807) is 30.5 Å². The van der Waals surface area contributed by atoms with Crippen molar-refractivity contribution in [1.82, 2.24) is 10.1 Å². The number of nitrogens with zero attached hydrogens (tertiary/aromatic N) is 2. The predicted molar refractivity (Wildman–Crippen MR) is 72.4 cm³/mol. The van der Waals surface area contributed by atoms with Gasteiger partial charge in [0.15, 0.2) is 12.4 Å². The van der Waals surface area contributed by atoms with Crippen LogP contribution >= 0.6 is 0 Å². The summed E-state index contributed by atoms with van der Waals surface area (Å²) in [5.74, 6) is 0.664. The minimum absolute atomic E-state index is 0.0986. The number of hydrogen-bond acceptors (Lipinski definition) is 5. The third-order valence-corrected chi connectivity index (χ3v) is 2.62. The van der Waals surface area contributed by atoms with E-state index in [4.69, 9.17) is 9.26 Å². The number of fused-ring (bicyclic) bond motifs is 1. The molecule has 0 bridgehead atoms. The molecule has 6 nitrogen and oxygen atoms in total. The van der Waals surface area contributed by atoms with Gasteiger partial charge in [-0.2, -0.15) is 0 Å². The summed E-state index contributed by atoms with van der Waals surface area (Å²) in [6, 6.07) is 12.6. The van der Waals surface area contributed by atoms with E-state index in [-0.39, 0.29) is 12.5 Å². The lowest BCUT2D eigenvalue weighted by Crippen LogP contribution is -2.20. The Balaban J connectivity index is 1.64. The maximum Gasteiger partial charge on any atom is 0.263 e. The first kappa shape index (κ1) is 12.2. The Morgan fingerprint density at radius 2 is 2.05 bits per heavy atom. The van der Waals surface area contributed by atoms with Crippen molar-refractivity contribution in [3.05, 3.63) is 48.7 Å². The number of hydrogen-bond donors (Lipinski definition) is 1. The third-order valence-electron chi connectivity index (χ3n) is 2.62. The highest BCUT2D eigenvalue weighted by molar-refractivity contribution is 5.98. The largest absolute Gasteiger partial charge is 0.484 e. The Bertz CT molecular complexity index is 725. The molecule has 3 aromatic rings. The summed E-state index contributed by atoms with van der Waals surface area (Å²) in [7, 11) is 0. The van der Waals surface area contributed by atoms with Gasteiger partial charge < -0.3 is 14.6 Å². The molecule has 0 saturated heterocycles. The number of pyridine rings is 1. The van der Waals surface area contributed by atoms with Gasteiger partial charge in [-0.3, -0.25) is 4.79 Å². The minimum atomic E-state index is -0.312. The molecule has 1 aromatic carbocycles. The lowest BCUT2D eigenvalue weighted by atomic mass is 10.3. The van der Waals surface area contributed by atoms with Crippen molar-refractivity contribution in [2.45, 2.75) is 0 Å². The first-order chi connectivity index (χ1) is 9.83. The molecule has 3 rings (SSSR count). The number of carbonyl (C=O) groups excluding carboxylic acids is 1. The molecule has 0 atom stereocenters. The Morgan fingerprint density at radius 3 is 2.90 bits per heavy atom. The Hall–Kier alpha value is -2.89. The monoisotopic (exact) mass is 269 g/mol. The summed E-state index contributed by atoms with van der Waals surface area (Å²) in [4.78, 5) is 15.8. The van der Waals surface area contributed by atoms with E-state index in [1.165, 1.54) is 0 Å². The van der Waals surface area contributed by atoms with Crippen LogP contribution in [-0.4, -0.2) is 22.7 Å². The topological polar surface area (TPSA) is 77.2 Å². The van der Waals surface area contributed by atoms with Crippen molar-refractivity contribution in [2.24, 2.45) is 0 Å². The minimum Gasteiger partial charge on any atom is -0.484 e. The van der Waals surface area contributed by atoms with Crippen molar-refractivity contribution in [2.75, 3.05) is 11.9 Å². The second kappa shape index (κ2) is 5.40. The van der Waals surface area contributed by atoms with Crippen LogP contribution in [0.15, 0.2) is 53.2 Å². The van der Waals surface area contributed by atoms with Gasteiger partial charge in [-0.1, -0.05) is 23.4 Å². The highest BCUT2D eigenvalue weighted by Crippen LogP contribution is 2.19. The lowest BCUT2D eigenvalue weighted by molar-refractivity contribution is -0.118. The van der Waals surface area contributed by atoms with Crippen LogP contribution in [-0.2, 0) is 4.79 Å². The normalized spacial score (nSPS) is 10.4. The molecule has 0 unspecified atom stereocenters. The quantitative estimate of drug-likeness (QED) is 0.786. The van der Waals surface area contributed by atoms with E-state index >= 15 is 0 Å². The zero-order valence-corrected chi connectivity index (χ0v) is 10.4. The number of aromatic nitrogens is 2. The molecular weight excluding hydrogens is 258 g/mol. The first-order valence-corrected chi connectivity index (χ1v) is 6.01. The summed E-state index contributed by atoms with van der Waals surface area (Å²) in [6.07, 6.45) is 1.59. The number of rotatable bonds is 4. The second-order valence-corrected chi connectivity index (χ2v) is 4.04. The Morgan fingerprint density at radius 1 is 1.20 bits per heavy atom. The van der Waals surface area contributed by atoms with E-state index in [2.05, 4.69) is 15.5 Å². The van der Waals surface area contributed by atoms with Gasteiger partial charge >= 0.3 is 0 Å². The molecule has 0 aliphatic rings. The fourth-order valence-electron chi connectivity index (χ4n) is 1.71. The number of benzene rings is 1. The van der Waals surface area contributed by atoms with Gasteiger partial charge in [-0.15, -0.1) is 0 Å². The molecule has 2 aromatic heterocycles. The van der Waals surface area contributed by atoms with E-state index < -0.39 is 0 Å². The summed E-state index contributed by atoms with van der Waals surface area (Å²) in [6.45, 7) is -0.0986. The van der Waals surface area contributed by atoms with Gasteiger partial charge in [0.1, 0.15) is 5.75 Å². The molecule has 0 spiro atoms. The first-order valence-electron chi connectivity index (χ1n) is 6.01. The average molecular weight is 269 g/mol. The van der Waals surface area contributed by atoms with Crippen LogP contribution in [0, 0.1) is 0 Å². The van der Waals surface area contributed by atoms with Crippen LogP contribution < -0.4 is 10.1 Å². The maximum absolute atomic E-state index is 11.8. The van der Waals surface area contributed by atoms with Gasteiger partial charge in [0.05, 0.1) is 5.39 Å². The average Bonchev–Trinajstić information content (AvgIpc) is 2.90. The molecule has 0 aliphatic heterocycles. The number of carbonyl (C=O) groups is 1. The van der Waals surface area contributed by atoms with Crippen LogP contribution in [0.2, 0.25) is 0 Å². The van der Waals surface area contributed by atoms with Crippen molar-refractivity contribution in [3.8, 4) is 5.75 Å². The van der Waals surface area contributed by atoms with Crippen LogP contribution in [0.1, 0.15) is 0 Å². The van der Waals surface area contributed by atoms with E-state index in [0.29, 0.717) is 22.7 Å². The second-order valence-electron chi connectivity index (χ2n) is 4.04. The Kier molecular flexibility index (Phi) is 3.28. The SMILES string of the molecule is O=C(COc1ccccc1)Nc1noc2ncccc12. The number of ether oxygens (including phenoxy) is 1. The molecule has 2 heterocycles. The standard InChI is InChI=1S/C14H11N3O3/c18-12(9-19-10-5-2-1-3-6-10)16-13-11-7-4-8-15-14(11)20-17-13/h1-8H,9H2,(H,16,17,18). The number of nitrogens with one attached hydrogen (secondary N) is 1. The number of amides is 1. The zero-order valence-electron chi connectivity index (χ0n) is 10.4. The van der Waals surface area contributed by atoms with Crippen LogP contribution in [0.3, 0.4) is 0 Å². The van der Waals surface area contributed by atoms with Crippen molar-refractivity contribution in [3.63, 3.8) is 0 Å². The molecule has 6 heteroatoms. The molecule has 20 heavy (non-hydrogen) atoms. The van der Waals surface area contributed by atoms with Crippen molar-refractivity contribution < 1.29 is 14.1 Å². The summed E-state index contributed by atoms with van der Waals surface area (Å²) < 4.78 is 10.3. The van der Waals surface area contributed by atoms with Crippen LogP contribution in [0.4, 0.5) is 5.82 Å². The molecule has 100 valence electrons. The number of anilines is 1. The summed E-state index contributed by atoms with van der Waals surface area (Å²) in [5, 5.41) is 7.04. The summed E-state index contributed by atoms with van der Waals surface area (Å²) in [5.41, 5.74) is 0.381. The molecule has 0 aliphatic carbocycles. The maximum atomic E-state index is 11.8. The molecule has 0 saturated carbocycles. The summed E-state index contributed by atoms with van der Waals surface area (Å²) >= 11 is 0. The molecule has 1 N–H and O–H groups in total. The van der Waals surface area contributed by atoms with Gasteiger partial charge in [0.25, 0.3) is 11.6 Å². The third kappa shape index (κ3) is 2.59. The molecular formula is C14H11N3O3. The van der Waals surface area contributed by atoms with Crippen molar-refractivity contribution >= 4 is 22.8 Å². The van der Waals surface area contributed by atoms with Gasteiger partial charge in [-0.25, -0.2) is 4.98 Å². The van der Waals surface area contributed by atoms with Gasteiger partial charge in [0, 0.05) is 6.20 Å². The fraction of sp³-hybridized carbons (Fsp3) is 0.0714. The van der Waals surface area contributed by atoms with Crippen LogP contribution in [0.25, 0.3) is 11.1 Å². The number of para-hydroxylation sites is 1. The Labute approximate surface area is 114 Å². The zero-order chi connectivity index (χ0) is 13.8. The molecule has 0 radical (unpaired) electrons.